The Kier molecular flexibility index (Phi) is 11.5. The Morgan fingerprint density at radius 3 is 2.37 bits per heavy atom. The van der Waals surface area contributed by atoms with E-state index < -0.39 is 0 Å². The van der Waals surface area contributed by atoms with Crippen LogP contribution >= 0.6 is 24.0 Å². The van der Waals surface area contributed by atoms with Crippen molar-refractivity contribution in [2.45, 2.75) is 26.2 Å². The number of guanidine groups is 1. The van der Waals surface area contributed by atoms with E-state index in [1.54, 1.807) is 12.1 Å². The minimum Gasteiger partial charge on any atom is -0.357 e. The van der Waals surface area contributed by atoms with Crippen molar-refractivity contribution >= 4 is 41.8 Å². The molecule has 1 fully saturated rings. The molecule has 1 heterocycles. The van der Waals surface area contributed by atoms with Crippen LogP contribution in [0.15, 0.2) is 35.3 Å². The fourth-order valence-electron chi connectivity index (χ4n) is 2.74. The van der Waals surface area contributed by atoms with E-state index in [4.69, 9.17) is 0 Å². The Balaban J connectivity index is 0.00000364. The maximum Gasteiger partial charge on any atom is 0.251 e. The maximum atomic E-state index is 12.1. The first-order valence-electron chi connectivity index (χ1n) is 9.34. The van der Waals surface area contributed by atoms with Crippen LogP contribution in [0.3, 0.4) is 0 Å². The molecule has 1 aliphatic rings. The van der Waals surface area contributed by atoms with Gasteiger partial charge in [0.05, 0.1) is 0 Å². The van der Waals surface area contributed by atoms with Gasteiger partial charge in [-0.3, -0.25) is 9.59 Å². The minimum absolute atomic E-state index is 0. The summed E-state index contributed by atoms with van der Waals surface area (Å²) in [6, 6.07) is 9.16. The molecule has 0 atom stereocenters. The molecule has 27 heavy (non-hydrogen) atoms. The third-order valence-electron chi connectivity index (χ3n) is 4.14. The van der Waals surface area contributed by atoms with Crippen LogP contribution in [0.2, 0.25) is 0 Å². The Morgan fingerprint density at radius 2 is 1.70 bits per heavy atom. The summed E-state index contributed by atoms with van der Waals surface area (Å²) in [6.45, 7) is 5.82. The second kappa shape index (κ2) is 13.3. The summed E-state index contributed by atoms with van der Waals surface area (Å²) in [5.74, 6) is 0.645. The van der Waals surface area contributed by atoms with Gasteiger partial charge in [-0.1, -0.05) is 18.2 Å². The van der Waals surface area contributed by atoms with Crippen LogP contribution < -0.4 is 16.0 Å². The number of amides is 2. The standard InChI is InChI=1S/C19H29N5O2.HI/c1-2-20-19(23-15-17(25)24-13-6-7-14-24)22-12-8-11-21-18(26)16-9-4-3-5-10-16;/h3-5,9-10H,2,6-8,11-15H2,1H3,(H,21,26)(H2,20,22,23);1H. The van der Waals surface area contributed by atoms with Gasteiger partial charge in [-0.2, -0.15) is 0 Å². The zero-order chi connectivity index (χ0) is 18.6. The van der Waals surface area contributed by atoms with Crippen molar-refractivity contribution in [3.05, 3.63) is 35.9 Å². The lowest BCUT2D eigenvalue weighted by Gasteiger charge is -2.15. The topological polar surface area (TPSA) is 85.8 Å². The molecule has 1 saturated heterocycles. The van der Waals surface area contributed by atoms with Gasteiger partial charge in [0.2, 0.25) is 5.91 Å². The molecule has 3 N–H and O–H groups in total. The Morgan fingerprint density at radius 1 is 1.04 bits per heavy atom. The van der Waals surface area contributed by atoms with Crippen molar-refractivity contribution in [2.24, 2.45) is 4.99 Å². The number of nitrogens with zero attached hydrogens (tertiary/aromatic N) is 2. The number of benzene rings is 1. The van der Waals surface area contributed by atoms with Gasteiger partial charge in [0.15, 0.2) is 5.96 Å². The number of carbonyl (C=O) groups excluding carboxylic acids is 2. The Hall–Kier alpha value is -1.84. The smallest absolute Gasteiger partial charge is 0.251 e. The molecule has 0 bridgehead atoms. The average molecular weight is 487 g/mol. The molecule has 7 nitrogen and oxygen atoms in total. The van der Waals surface area contributed by atoms with Crippen LogP contribution in [0.4, 0.5) is 0 Å². The van der Waals surface area contributed by atoms with E-state index in [2.05, 4.69) is 20.9 Å². The first kappa shape index (κ1) is 23.2. The van der Waals surface area contributed by atoms with Crippen LogP contribution in [0.1, 0.15) is 36.5 Å². The van der Waals surface area contributed by atoms with E-state index in [0.717, 1.165) is 38.9 Å². The maximum absolute atomic E-state index is 12.1. The van der Waals surface area contributed by atoms with Gasteiger partial charge >= 0.3 is 0 Å². The quantitative estimate of drug-likeness (QED) is 0.225. The molecule has 0 aliphatic carbocycles. The summed E-state index contributed by atoms with van der Waals surface area (Å²) in [5.41, 5.74) is 0.663. The number of rotatable bonds is 8. The third kappa shape index (κ3) is 8.59. The molecule has 0 spiro atoms. The number of hydrogen-bond acceptors (Lipinski definition) is 3. The van der Waals surface area contributed by atoms with Crippen molar-refractivity contribution in [1.29, 1.82) is 0 Å². The fourth-order valence-corrected chi connectivity index (χ4v) is 2.74. The van der Waals surface area contributed by atoms with Crippen LogP contribution in [0.5, 0.6) is 0 Å². The zero-order valence-corrected chi connectivity index (χ0v) is 18.2. The number of likely N-dealkylation sites (tertiary alicyclic amines) is 1. The number of carbonyl (C=O) groups is 2. The largest absolute Gasteiger partial charge is 0.357 e. The van der Waals surface area contributed by atoms with Crippen LogP contribution in [0.25, 0.3) is 0 Å². The van der Waals surface area contributed by atoms with Gasteiger partial charge in [-0.25, -0.2) is 4.99 Å². The van der Waals surface area contributed by atoms with E-state index in [-0.39, 0.29) is 42.3 Å². The van der Waals surface area contributed by atoms with Gasteiger partial charge in [-0.15, -0.1) is 24.0 Å². The highest BCUT2D eigenvalue weighted by Crippen LogP contribution is 2.07. The second-order valence-corrected chi connectivity index (χ2v) is 6.19. The normalized spacial score (nSPS) is 13.7. The van der Waals surface area contributed by atoms with Gasteiger partial charge in [-0.05, 0) is 38.3 Å². The summed E-state index contributed by atoms with van der Waals surface area (Å²) >= 11 is 0. The first-order chi connectivity index (χ1) is 12.7. The van der Waals surface area contributed by atoms with Crippen molar-refractivity contribution in [1.82, 2.24) is 20.9 Å². The van der Waals surface area contributed by atoms with Crippen molar-refractivity contribution < 1.29 is 9.59 Å². The lowest BCUT2D eigenvalue weighted by Crippen LogP contribution is -2.40. The summed E-state index contributed by atoms with van der Waals surface area (Å²) in [5, 5.41) is 9.22. The molecule has 1 aromatic carbocycles. The average Bonchev–Trinajstić information content (AvgIpc) is 3.21. The minimum atomic E-state index is -0.0672. The van der Waals surface area contributed by atoms with Gasteiger partial charge in [0, 0.05) is 38.3 Å². The predicted molar refractivity (Wildman–Crippen MR) is 119 cm³/mol. The lowest BCUT2D eigenvalue weighted by molar-refractivity contribution is -0.128. The number of nitrogens with one attached hydrogen (secondary N) is 3. The van der Waals surface area contributed by atoms with E-state index >= 15 is 0 Å². The number of aliphatic imine (C=N–C) groups is 1. The molecule has 2 rings (SSSR count). The van der Waals surface area contributed by atoms with Crippen LogP contribution in [0, 0.1) is 0 Å². The summed E-state index contributed by atoms with van der Waals surface area (Å²) in [4.78, 5) is 30.2. The molecule has 8 heteroatoms. The van der Waals surface area contributed by atoms with Gasteiger partial charge in [0.25, 0.3) is 5.91 Å². The van der Waals surface area contributed by atoms with Crippen molar-refractivity contribution in [3.8, 4) is 0 Å². The van der Waals surface area contributed by atoms with Crippen molar-refractivity contribution in [2.75, 3.05) is 39.3 Å². The number of halogens is 1. The molecule has 0 radical (unpaired) electrons. The molecule has 0 saturated carbocycles. The molecule has 1 aliphatic heterocycles. The monoisotopic (exact) mass is 487 g/mol. The highest BCUT2D eigenvalue weighted by Gasteiger charge is 2.17. The van der Waals surface area contributed by atoms with E-state index in [9.17, 15) is 9.59 Å². The summed E-state index contributed by atoms with van der Waals surface area (Å²) in [6.07, 6.45) is 2.94. The van der Waals surface area contributed by atoms with Crippen LogP contribution in [-0.4, -0.2) is 61.9 Å². The van der Waals surface area contributed by atoms with Gasteiger partial charge < -0.3 is 20.9 Å². The summed E-state index contributed by atoms with van der Waals surface area (Å²) < 4.78 is 0. The fraction of sp³-hybridized carbons (Fsp3) is 0.526. The highest BCUT2D eigenvalue weighted by atomic mass is 127. The number of hydrogen-bond donors (Lipinski definition) is 3. The highest BCUT2D eigenvalue weighted by molar-refractivity contribution is 14.0. The third-order valence-corrected chi connectivity index (χ3v) is 4.14. The molecule has 2 amide bonds. The first-order valence-corrected chi connectivity index (χ1v) is 9.34. The Labute approximate surface area is 178 Å². The van der Waals surface area contributed by atoms with Crippen LogP contribution in [-0.2, 0) is 4.79 Å². The Bertz CT molecular complexity index is 603. The van der Waals surface area contributed by atoms with Gasteiger partial charge in [0.1, 0.15) is 6.54 Å². The second-order valence-electron chi connectivity index (χ2n) is 6.19. The molecular weight excluding hydrogens is 457 g/mol. The molecule has 150 valence electrons. The summed E-state index contributed by atoms with van der Waals surface area (Å²) in [7, 11) is 0. The van der Waals surface area contributed by atoms with E-state index in [1.807, 2.05) is 30.0 Å². The SMILES string of the molecule is CCNC(=NCC(=O)N1CCCC1)NCCCNC(=O)c1ccccc1.I. The predicted octanol–water partition coefficient (Wildman–Crippen LogP) is 1.60. The molecule has 0 unspecified atom stereocenters. The molecule has 1 aromatic rings. The molecule has 0 aromatic heterocycles. The zero-order valence-electron chi connectivity index (χ0n) is 15.9. The van der Waals surface area contributed by atoms with Crippen molar-refractivity contribution in [3.63, 3.8) is 0 Å². The molecular formula is C19H30IN5O2. The van der Waals surface area contributed by atoms with E-state index in [0.29, 0.717) is 24.6 Å². The van der Waals surface area contributed by atoms with E-state index in [1.165, 1.54) is 0 Å². The lowest BCUT2D eigenvalue weighted by atomic mass is 10.2.